The molecule has 7 heteroatoms. The van der Waals surface area contributed by atoms with Crippen LogP contribution in [-0.2, 0) is 4.79 Å². The van der Waals surface area contributed by atoms with Crippen molar-refractivity contribution in [2.75, 3.05) is 33.7 Å². The van der Waals surface area contributed by atoms with Crippen molar-refractivity contribution in [1.29, 1.82) is 0 Å². The summed E-state index contributed by atoms with van der Waals surface area (Å²) in [6.45, 7) is 7.89. The molecule has 1 rings (SSSR count). The Morgan fingerprint density at radius 2 is 2.04 bits per heavy atom. The fraction of sp³-hybridized carbons (Fsp3) is 0.556. The number of benzene rings is 1. The van der Waals surface area contributed by atoms with Gasteiger partial charge in [0, 0.05) is 33.6 Å². The van der Waals surface area contributed by atoms with Gasteiger partial charge < -0.3 is 20.3 Å². The molecule has 1 aromatic carbocycles. The van der Waals surface area contributed by atoms with Gasteiger partial charge in [0.05, 0.1) is 6.54 Å². The lowest BCUT2D eigenvalue weighted by atomic mass is 10.2. The highest BCUT2D eigenvalue weighted by Gasteiger charge is 2.06. The molecule has 2 N–H and O–H groups in total. The van der Waals surface area contributed by atoms with Crippen molar-refractivity contribution < 1.29 is 9.53 Å². The van der Waals surface area contributed by atoms with Gasteiger partial charge in [-0.25, -0.2) is 4.99 Å². The molecular formula is C18H31IN4O2. The summed E-state index contributed by atoms with van der Waals surface area (Å²) in [4.78, 5) is 17.7. The van der Waals surface area contributed by atoms with Gasteiger partial charge in [-0.1, -0.05) is 12.1 Å². The van der Waals surface area contributed by atoms with Gasteiger partial charge in [0.2, 0.25) is 5.91 Å². The first-order valence-electron chi connectivity index (χ1n) is 8.38. The summed E-state index contributed by atoms with van der Waals surface area (Å²) in [6, 6.07) is 7.98. The lowest BCUT2D eigenvalue weighted by molar-refractivity contribution is -0.128. The van der Waals surface area contributed by atoms with Crippen molar-refractivity contribution in [2.24, 2.45) is 4.99 Å². The van der Waals surface area contributed by atoms with Crippen molar-refractivity contribution >= 4 is 35.8 Å². The number of amides is 1. The van der Waals surface area contributed by atoms with Crippen LogP contribution >= 0.6 is 24.0 Å². The van der Waals surface area contributed by atoms with Crippen LogP contribution < -0.4 is 15.4 Å². The SMILES string of the molecule is CCNC(=NCC(C)Oc1cccc(C)c1)NCCC(=O)N(C)C.I. The molecule has 0 aliphatic carbocycles. The Bertz CT molecular complexity index is 550. The van der Waals surface area contributed by atoms with Crippen LogP contribution in [0.25, 0.3) is 0 Å². The van der Waals surface area contributed by atoms with Crippen molar-refractivity contribution in [3.63, 3.8) is 0 Å². The molecule has 142 valence electrons. The standard InChI is InChI=1S/C18H30N4O2.HI/c1-6-19-18(20-11-10-17(23)22(4)5)21-13-15(3)24-16-9-7-8-14(2)12-16;/h7-9,12,15H,6,10-11,13H2,1-5H3,(H2,19,20,21);1H. The maximum atomic E-state index is 11.6. The van der Waals surface area contributed by atoms with Crippen LogP contribution in [-0.4, -0.2) is 56.6 Å². The van der Waals surface area contributed by atoms with E-state index in [-0.39, 0.29) is 36.0 Å². The van der Waals surface area contributed by atoms with Crippen LogP contribution in [0.1, 0.15) is 25.8 Å². The second kappa shape index (κ2) is 12.8. The summed E-state index contributed by atoms with van der Waals surface area (Å²) in [5.74, 6) is 1.64. The van der Waals surface area contributed by atoms with Crippen molar-refractivity contribution in [1.82, 2.24) is 15.5 Å². The number of halogens is 1. The molecule has 0 radical (unpaired) electrons. The van der Waals surface area contributed by atoms with E-state index in [0.29, 0.717) is 25.5 Å². The van der Waals surface area contributed by atoms with Crippen LogP contribution in [0.15, 0.2) is 29.3 Å². The third kappa shape index (κ3) is 10.2. The number of ether oxygens (including phenoxy) is 1. The van der Waals surface area contributed by atoms with E-state index in [2.05, 4.69) is 15.6 Å². The Balaban J connectivity index is 0.00000576. The molecule has 25 heavy (non-hydrogen) atoms. The number of nitrogens with zero attached hydrogens (tertiary/aromatic N) is 2. The number of carbonyl (C=O) groups excluding carboxylic acids is 1. The smallest absolute Gasteiger partial charge is 0.223 e. The molecule has 1 amide bonds. The van der Waals surface area contributed by atoms with Crippen LogP contribution in [0, 0.1) is 6.92 Å². The highest BCUT2D eigenvalue weighted by molar-refractivity contribution is 14.0. The Morgan fingerprint density at radius 3 is 2.64 bits per heavy atom. The van der Waals surface area contributed by atoms with Crippen LogP contribution in [0.2, 0.25) is 0 Å². The van der Waals surface area contributed by atoms with E-state index in [1.54, 1.807) is 19.0 Å². The maximum Gasteiger partial charge on any atom is 0.223 e. The lowest BCUT2D eigenvalue weighted by Crippen LogP contribution is -2.39. The van der Waals surface area contributed by atoms with Crippen LogP contribution in [0.3, 0.4) is 0 Å². The normalized spacial score (nSPS) is 12.0. The molecule has 1 aromatic rings. The number of hydrogen-bond donors (Lipinski definition) is 2. The number of aryl methyl sites for hydroxylation is 1. The Hall–Kier alpha value is -1.51. The lowest BCUT2D eigenvalue weighted by Gasteiger charge is -2.16. The summed E-state index contributed by atoms with van der Waals surface area (Å²) in [7, 11) is 3.51. The number of carbonyl (C=O) groups is 1. The predicted octanol–water partition coefficient (Wildman–Crippen LogP) is 2.41. The van der Waals surface area contributed by atoms with Gasteiger partial charge in [-0.15, -0.1) is 24.0 Å². The molecule has 0 aliphatic rings. The molecule has 0 heterocycles. The van der Waals surface area contributed by atoms with E-state index >= 15 is 0 Å². The molecule has 0 aliphatic heterocycles. The summed E-state index contributed by atoms with van der Waals surface area (Å²) >= 11 is 0. The number of guanidine groups is 1. The highest BCUT2D eigenvalue weighted by atomic mass is 127. The van der Waals surface area contributed by atoms with E-state index in [1.165, 1.54) is 5.56 Å². The summed E-state index contributed by atoms with van der Waals surface area (Å²) < 4.78 is 5.87. The first-order chi connectivity index (χ1) is 11.4. The van der Waals surface area contributed by atoms with Gasteiger partial charge in [-0.05, 0) is 38.5 Å². The summed E-state index contributed by atoms with van der Waals surface area (Å²) in [5.41, 5.74) is 1.17. The molecule has 0 saturated carbocycles. The van der Waals surface area contributed by atoms with Crippen molar-refractivity contribution in [2.45, 2.75) is 33.3 Å². The van der Waals surface area contributed by atoms with E-state index in [1.807, 2.05) is 45.0 Å². The van der Waals surface area contributed by atoms with Gasteiger partial charge in [0.15, 0.2) is 5.96 Å². The largest absolute Gasteiger partial charge is 0.489 e. The Morgan fingerprint density at radius 1 is 1.32 bits per heavy atom. The number of aliphatic imine (C=N–C) groups is 1. The first-order valence-corrected chi connectivity index (χ1v) is 8.38. The highest BCUT2D eigenvalue weighted by Crippen LogP contribution is 2.14. The van der Waals surface area contributed by atoms with Gasteiger partial charge in [-0.3, -0.25) is 4.79 Å². The average molecular weight is 462 g/mol. The zero-order chi connectivity index (χ0) is 17.9. The second-order valence-electron chi connectivity index (χ2n) is 5.93. The minimum absolute atomic E-state index is 0. The van der Waals surface area contributed by atoms with Gasteiger partial charge in [0.1, 0.15) is 11.9 Å². The van der Waals surface area contributed by atoms with E-state index in [9.17, 15) is 4.79 Å². The fourth-order valence-corrected chi connectivity index (χ4v) is 2.03. The minimum Gasteiger partial charge on any atom is -0.489 e. The van der Waals surface area contributed by atoms with Gasteiger partial charge in [-0.2, -0.15) is 0 Å². The summed E-state index contributed by atoms with van der Waals surface area (Å²) in [5, 5.41) is 6.34. The van der Waals surface area contributed by atoms with E-state index < -0.39 is 0 Å². The third-order valence-electron chi connectivity index (χ3n) is 3.31. The molecule has 0 aromatic heterocycles. The van der Waals surface area contributed by atoms with Crippen molar-refractivity contribution in [3.05, 3.63) is 29.8 Å². The molecule has 0 bridgehead atoms. The maximum absolute atomic E-state index is 11.6. The van der Waals surface area contributed by atoms with Crippen LogP contribution in [0.5, 0.6) is 5.75 Å². The van der Waals surface area contributed by atoms with Crippen LogP contribution in [0.4, 0.5) is 0 Å². The monoisotopic (exact) mass is 462 g/mol. The topological polar surface area (TPSA) is 66.0 Å². The quantitative estimate of drug-likeness (QED) is 0.354. The van der Waals surface area contributed by atoms with E-state index in [4.69, 9.17) is 4.74 Å². The Kier molecular flexibility index (Phi) is 12.0. The first kappa shape index (κ1) is 23.5. The number of hydrogen-bond acceptors (Lipinski definition) is 3. The average Bonchev–Trinajstić information content (AvgIpc) is 2.52. The van der Waals surface area contributed by atoms with E-state index in [0.717, 1.165) is 12.3 Å². The second-order valence-corrected chi connectivity index (χ2v) is 5.93. The minimum atomic E-state index is -0.0364. The molecule has 6 nitrogen and oxygen atoms in total. The molecular weight excluding hydrogens is 431 g/mol. The third-order valence-corrected chi connectivity index (χ3v) is 3.31. The molecule has 0 saturated heterocycles. The predicted molar refractivity (Wildman–Crippen MR) is 114 cm³/mol. The molecule has 1 atom stereocenters. The fourth-order valence-electron chi connectivity index (χ4n) is 2.03. The molecule has 1 unspecified atom stereocenters. The number of nitrogens with one attached hydrogen (secondary N) is 2. The van der Waals surface area contributed by atoms with Crippen molar-refractivity contribution in [3.8, 4) is 5.75 Å². The molecule has 0 fully saturated rings. The number of rotatable bonds is 8. The van der Waals surface area contributed by atoms with Gasteiger partial charge >= 0.3 is 0 Å². The summed E-state index contributed by atoms with van der Waals surface area (Å²) in [6.07, 6.45) is 0.401. The van der Waals surface area contributed by atoms with Gasteiger partial charge in [0.25, 0.3) is 0 Å². The zero-order valence-electron chi connectivity index (χ0n) is 15.8. The zero-order valence-corrected chi connectivity index (χ0v) is 18.2. The Labute approximate surface area is 168 Å². The molecule has 0 spiro atoms.